The molecule has 3 nitrogen and oxygen atoms in total. The molecule has 0 radical (unpaired) electrons. The fourth-order valence-electron chi connectivity index (χ4n) is 2.00. The van der Waals surface area contributed by atoms with Gasteiger partial charge in [-0.2, -0.15) is 0 Å². The molecule has 2 N–H and O–H groups in total. The lowest BCUT2D eigenvalue weighted by Crippen LogP contribution is -2.34. The van der Waals surface area contributed by atoms with Crippen LogP contribution in [0.25, 0.3) is 0 Å². The molecule has 0 bridgehead atoms. The van der Waals surface area contributed by atoms with Gasteiger partial charge in [0.15, 0.2) is 6.10 Å². The molecular weight excluding hydrogens is 235 g/mol. The van der Waals surface area contributed by atoms with Crippen LogP contribution in [-0.4, -0.2) is 22.3 Å². The number of hydrogen-bond donors (Lipinski definition) is 2. The quantitative estimate of drug-likeness (QED) is 0.855. The van der Waals surface area contributed by atoms with Crippen molar-refractivity contribution < 1.29 is 19.4 Å². The maximum atomic E-state index is 13.6. The molecule has 1 aliphatic carbocycles. The normalized spacial score (nSPS) is 19.2. The molecule has 86 valence electrons. The van der Waals surface area contributed by atoms with Crippen molar-refractivity contribution in [1.82, 2.24) is 0 Å². The standard InChI is InChI=1S/C11H10ClFO3/c12-6-2-1-3-7(13)8(6)11(4-5-11)9(14)10(15)16/h1-3,9,14H,4-5H2,(H,15,16). The highest BCUT2D eigenvalue weighted by molar-refractivity contribution is 6.31. The van der Waals surface area contributed by atoms with Crippen molar-refractivity contribution in [3.05, 3.63) is 34.6 Å². The maximum Gasteiger partial charge on any atom is 0.333 e. The summed E-state index contributed by atoms with van der Waals surface area (Å²) < 4.78 is 13.6. The van der Waals surface area contributed by atoms with Crippen LogP contribution in [0.15, 0.2) is 18.2 Å². The predicted molar refractivity (Wildman–Crippen MR) is 56.0 cm³/mol. The summed E-state index contributed by atoms with van der Waals surface area (Å²) in [5, 5.41) is 18.5. The van der Waals surface area contributed by atoms with Crippen LogP contribution in [0.3, 0.4) is 0 Å². The number of rotatable bonds is 3. The minimum absolute atomic E-state index is 0.117. The molecule has 0 spiro atoms. The van der Waals surface area contributed by atoms with Crippen molar-refractivity contribution in [2.24, 2.45) is 0 Å². The molecule has 1 aromatic carbocycles. The average Bonchev–Trinajstić information content (AvgIpc) is 2.97. The zero-order valence-corrected chi connectivity index (χ0v) is 9.04. The Morgan fingerprint density at radius 3 is 2.56 bits per heavy atom. The van der Waals surface area contributed by atoms with E-state index in [9.17, 15) is 14.3 Å². The molecule has 5 heteroatoms. The zero-order valence-electron chi connectivity index (χ0n) is 8.28. The van der Waals surface area contributed by atoms with Gasteiger partial charge in [-0.15, -0.1) is 0 Å². The van der Waals surface area contributed by atoms with Crippen LogP contribution < -0.4 is 0 Å². The molecule has 1 fully saturated rings. The summed E-state index contributed by atoms with van der Waals surface area (Å²) in [5.74, 6) is -1.91. The average molecular weight is 245 g/mol. The van der Waals surface area contributed by atoms with Crippen LogP contribution in [0.1, 0.15) is 18.4 Å². The molecular formula is C11H10ClFO3. The van der Waals surface area contributed by atoms with Crippen molar-refractivity contribution in [1.29, 1.82) is 0 Å². The van der Waals surface area contributed by atoms with Gasteiger partial charge in [-0.1, -0.05) is 17.7 Å². The third kappa shape index (κ3) is 1.58. The van der Waals surface area contributed by atoms with E-state index in [2.05, 4.69) is 0 Å². The molecule has 0 saturated heterocycles. The summed E-state index contributed by atoms with van der Waals surface area (Å²) in [4.78, 5) is 10.8. The second kappa shape index (κ2) is 3.71. The Morgan fingerprint density at radius 1 is 1.50 bits per heavy atom. The van der Waals surface area contributed by atoms with Gasteiger partial charge in [0, 0.05) is 16.0 Å². The van der Waals surface area contributed by atoms with Crippen molar-refractivity contribution in [3.63, 3.8) is 0 Å². The first-order valence-electron chi connectivity index (χ1n) is 4.84. The number of carboxylic acids is 1. The van der Waals surface area contributed by atoms with Crippen molar-refractivity contribution in [2.45, 2.75) is 24.4 Å². The van der Waals surface area contributed by atoms with Gasteiger partial charge in [-0.25, -0.2) is 9.18 Å². The Kier molecular flexibility index (Phi) is 2.64. The van der Waals surface area contributed by atoms with Gasteiger partial charge in [0.1, 0.15) is 5.82 Å². The molecule has 1 atom stereocenters. The Bertz CT molecular complexity index is 423. The minimum Gasteiger partial charge on any atom is -0.479 e. The number of aliphatic hydroxyl groups excluding tert-OH is 1. The van der Waals surface area contributed by atoms with Gasteiger partial charge in [-0.3, -0.25) is 0 Å². The molecule has 1 aromatic rings. The zero-order chi connectivity index (χ0) is 11.9. The Labute approximate surface area is 96.5 Å². The van der Waals surface area contributed by atoms with Crippen LogP contribution in [0.4, 0.5) is 4.39 Å². The second-order valence-electron chi connectivity index (χ2n) is 3.99. The first-order valence-corrected chi connectivity index (χ1v) is 5.22. The largest absolute Gasteiger partial charge is 0.479 e. The van der Waals surface area contributed by atoms with E-state index in [-0.39, 0.29) is 10.6 Å². The van der Waals surface area contributed by atoms with Crippen LogP contribution in [0, 0.1) is 5.82 Å². The van der Waals surface area contributed by atoms with Gasteiger partial charge in [0.2, 0.25) is 0 Å². The molecule has 0 heterocycles. The third-order valence-electron chi connectivity index (χ3n) is 3.01. The molecule has 1 unspecified atom stereocenters. The van der Waals surface area contributed by atoms with Gasteiger partial charge in [0.25, 0.3) is 0 Å². The second-order valence-corrected chi connectivity index (χ2v) is 4.40. The SMILES string of the molecule is O=C(O)C(O)C1(c2c(F)cccc2Cl)CC1. The Morgan fingerprint density at radius 2 is 2.12 bits per heavy atom. The highest BCUT2D eigenvalue weighted by atomic mass is 35.5. The number of halogens is 2. The van der Waals surface area contributed by atoms with Crippen LogP contribution in [0.2, 0.25) is 5.02 Å². The van der Waals surface area contributed by atoms with E-state index in [1.807, 2.05) is 0 Å². The lowest BCUT2D eigenvalue weighted by molar-refractivity contribution is -0.148. The number of aliphatic hydroxyl groups is 1. The molecule has 16 heavy (non-hydrogen) atoms. The number of carboxylic acid groups (broad SMARTS) is 1. The van der Waals surface area contributed by atoms with Gasteiger partial charge in [0.05, 0.1) is 0 Å². The van der Waals surface area contributed by atoms with E-state index in [1.165, 1.54) is 18.2 Å². The van der Waals surface area contributed by atoms with E-state index in [4.69, 9.17) is 16.7 Å². The summed E-state index contributed by atoms with van der Waals surface area (Å²) in [6.07, 6.45) is -0.746. The van der Waals surface area contributed by atoms with Crippen LogP contribution >= 0.6 is 11.6 Å². The predicted octanol–water partition coefficient (Wildman–Crippen LogP) is 1.96. The summed E-state index contributed by atoms with van der Waals surface area (Å²) in [6, 6.07) is 4.16. The summed E-state index contributed by atoms with van der Waals surface area (Å²) in [6.45, 7) is 0. The summed E-state index contributed by atoms with van der Waals surface area (Å²) >= 11 is 5.86. The molecule has 1 saturated carbocycles. The maximum absolute atomic E-state index is 13.6. The summed E-state index contributed by atoms with van der Waals surface area (Å²) in [5.41, 5.74) is -0.930. The number of aliphatic carboxylic acids is 1. The monoisotopic (exact) mass is 244 g/mol. The fourth-order valence-corrected chi connectivity index (χ4v) is 2.36. The van der Waals surface area contributed by atoms with Gasteiger partial charge in [-0.05, 0) is 25.0 Å². The first-order chi connectivity index (χ1) is 7.49. The Hall–Kier alpha value is -1.13. The van der Waals surface area contributed by atoms with Gasteiger partial charge < -0.3 is 10.2 Å². The highest BCUT2D eigenvalue weighted by Gasteiger charge is 2.55. The van der Waals surface area contributed by atoms with E-state index in [1.54, 1.807) is 0 Å². The van der Waals surface area contributed by atoms with E-state index < -0.39 is 23.3 Å². The number of benzene rings is 1. The van der Waals surface area contributed by atoms with E-state index >= 15 is 0 Å². The van der Waals surface area contributed by atoms with E-state index in [0.29, 0.717) is 12.8 Å². The number of hydrogen-bond acceptors (Lipinski definition) is 2. The third-order valence-corrected chi connectivity index (χ3v) is 3.32. The molecule has 0 aromatic heterocycles. The molecule has 2 rings (SSSR count). The highest BCUT2D eigenvalue weighted by Crippen LogP contribution is 2.53. The minimum atomic E-state index is -1.61. The number of carbonyl (C=O) groups is 1. The Balaban J connectivity index is 2.48. The van der Waals surface area contributed by atoms with Crippen LogP contribution in [0.5, 0.6) is 0 Å². The lowest BCUT2D eigenvalue weighted by atomic mass is 9.89. The molecule has 1 aliphatic rings. The van der Waals surface area contributed by atoms with Crippen molar-refractivity contribution >= 4 is 17.6 Å². The van der Waals surface area contributed by atoms with E-state index in [0.717, 1.165) is 0 Å². The molecule has 0 amide bonds. The van der Waals surface area contributed by atoms with Crippen molar-refractivity contribution in [3.8, 4) is 0 Å². The van der Waals surface area contributed by atoms with Crippen molar-refractivity contribution in [2.75, 3.05) is 0 Å². The topological polar surface area (TPSA) is 57.5 Å². The molecule has 0 aliphatic heterocycles. The van der Waals surface area contributed by atoms with Crippen LogP contribution in [-0.2, 0) is 10.2 Å². The lowest BCUT2D eigenvalue weighted by Gasteiger charge is -2.20. The first kappa shape index (κ1) is 11.4. The smallest absolute Gasteiger partial charge is 0.333 e. The fraction of sp³-hybridized carbons (Fsp3) is 0.364. The summed E-state index contributed by atoms with van der Waals surface area (Å²) in [7, 11) is 0. The van der Waals surface area contributed by atoms with Gasteiger partial charge >= 0.3 is 5.97 Å².